The second-order valence-corrected chi connectivity index (χ2v) is 6.06. The molecule has 2 unspecified atom stereocenters. The van der Waals surface area contributed by atoms with Crippen LogP contribution in [0.3, 0.4) is 0 Å². The molecule has 0 radical (unpaired) electrons. The molecule has 1 fully saturated rings. The van der Waals surface area contributed by atoms with E-state index in [-0.39, 0.29) is 11.9 Å². The lowest BCUT2D eigenvalue weighted by Gasteiger charge is -2.13. The summed E-state index contributed by atoms with van der Waals surface area (Å²) in [6, 6.07) is 4.12. The van der Waals surface area contributed by atoms with Crippen molar-refractivity contribution in [2.45, 2.75) is 38.9 Å². The van der Waals surface area contributed by atoms with Crippen LogP contribution in [0.4, 0.5) is 5.82 Å². The number of aromatic nitrogens is 1. The van der Waals surface area contributed by atoms with Gasteiger partial charge in [-0.3, -0.25) is 10.2 Å². The van der Waals surface area contributed by atoms with Gasteiger partial charge in [-0.25, -0.2) is 10.4 Å². The highest BCUT2D eigenvalue weighted by atomic mass is 16.2. The summed E-state index contributed by atoms with van der Waals surface area (Å²) in [5.74, 6) is 1.45. The molecule has 3 N–H and O–H groups in total. The van der Waals surface area contributed by atoms with E-state index in [1.54, 1.807) is 6.20 Å². The Hall–Kier alpha value is -1.66. The van der Waals surface area contributed by atoms with Crippen LogP contribution in [0, 0.1) is 5.92 Å². The van der Waals surface area contributed by atoms with Gasteiger partial charge in [0.1, 0.15) is 11.9 Å². The van der Waals surface area contributed by atoms with Gasteiger partial charge in [0.05, 0.1) is 0 Å². The minimum atomic E-state index is -0.161. The average Bonchev–Trinajstić information content (AvgIpc) is 2.95. The average molecular weight is 291 g/mol. The van der Waals surface area contributed by atoms with Crippen LogP contribution in [0.25, 0.3) is 0 Å². The zero-order valence-electron chi connectivity index (χ0n) is 13.2. The standard InChI is InChI=1S/C15H25N5O/c1-10(2)12-7-13(19-18-12)15(21)17-9-11-5-6-14(16-8-11)20(3)4/h5-6,8,10,12-13,18-19H,7,9H2,1-4H3,(H,17,21). The molecule has 2 rings (SSSR count). The first-order chi connectivity index (χ1) is 9.97. The van der Waals surface area contributed by atoms with Crippen molar-refractivity contribution < 1.29 is 4.79 Å². The van der Waals surface area contributed by atoms with Gasteiger partial charge in [0.2, 0.25) is 5.91 Å². The lowest BCUT2D eigenvalue weighted by molar-refractivity contribution is -0.123. The minimum absolute atomic E-state index is 0.0299. The fourth-order valence-corrected chi connectivity index (χ4v) is 2.29. The van der Waals surface area contributed by atoms with Gasteiger partial charge in [-0.05, 0) is 24.0 Å². The van der Waals surface area contributed by atoms with Crippen LogP contribution in [-0.4, -0.2) is 37.1 Å². The summed E-state index contributed by atoms with van der Waals surface area (Å²) in [5, 5.41) is 2.95. The third-order valence-electron chi connectivity index (χ3n) is 3.79. The van der Waals surface area contributed by atoms with Gasteiger partial charge in [-0.2, -0.15) is 0 Å². The minimum Gasteiger partial charge on any atom is -0.363 e. The normalized spacial score (nSPS) is 21.6. The molecule has 1 aliphatic rings. The number of carbonyl (C=O) groups is 1. The summed E-state index contributed by atoms with van der Waals surface area (Å²) in [4.78, 5) is 18.4. The molecule has 0 saturated carbocycles. The van der Waals surface area contributed by atoms with E-state index in [2.05, 4.69) is 35.0 Å². The number of amides is 1. The Morgan fingerprint density at radius 3 is 2.71 bits per heavy atom. The van der Waals surface area contributed by atoms with Crippen LogP contribution in [-0.2, 0) is 11.3 Å². The predicted octanol–water partition coefficient (Wildman–Crippen LogP) is 0.655. The van der Waals surface area contributed by atoms with Gasteiger partial charge in [0.25, 0.3) is 0 Å². The summed E-state index contributed by atoms with van der Waals surface area (Å²) in [6.45, 7) is 4.80. The van der Waals surface area contributed by atoms with E-state index in [0.29, 0.717) is 18.5 Å². The predicted molar refractivity (Wildman–Crippen MR) is 83.7 cm³/mol. The molecule has 0 spiro atoms. The Morgan fingerprint density at radius 1 is 1.43 bits per heavy atom. The monoisotopic (exact) mass is 291 g/mol. The number of nitrogens with one attached hydrogen (secondary N) is 3. The molecule has 6 heteroatoms. The summed E-state index contributed by atoms with van der Waals surface area (Å²) < 4.78 is 0. The van der Waals surface area contributed by atoms with Crippen LogP contribution < -0.4 is 21.1 Å². The molecule has 21 heavy (non-hydrogen) atoms. The lowest BCUT2D eigenvalue weighted by Crippen LogP contribution is -2.43. The van der Waals surface area contributed by atoms with Crippen molar-refractivity contribution >= 4 is 11.7 Å². The fourth-order valence-electron chi connectivity index (χ4n) is 2.29. The topological polar surface area (TPSA) is 69.3 Å². The Labute approximate surface area is 126 Å². The van der Waals surface area contributed by atoms with Crippen molar-refractivity contribution in [2.75, 3.05) is 19.0 Å². The molecule has 116 valence electrons. The molecule has 1 aromatic rings. The largest absolute Gasteiger partial charge is 0.363 e. The maximum absolute atomic E-state index is 12.1. The molecule has 1 amide bonds. The van der Waals surface area contributed by atoms with E-state index in [1.165, 1.54) is 0 Å². The van der Waals surface area contributed by atoms with Crippen molar-refractivity contribution in [3.63, 3.8) is 0 Å². The van der Waals surface area contributed by atoms with Gasteiger partial charge >= 0.3 is 0 Å². The van der Waals surface area contributed by atoms with Crippen LogP contribution >= 0.6 is 0 Å². The number of hydrogen-bond acceptors (Lipinski definition) is 5. The zero-order chi connectivity index (χ0) is 15.4. The van der Waals surface area contributed by atoms with Gasteiger partial charge in [-0.15, -0.1) is 0 Å². The van der Waals surface area contributed by atoms with Crippen molar-refractivity contribution in [1.29, 1.82) is 0 Å². The summed E-state index contributed by atoms with van der Waals surface area (Å²) in [6.07, 6.45) is 2.62. The van der Waals surface area contributed by atoms with Crippen LogP contribution in [0.5, 0.6) is 0 Å². The Morgan fingerprint density at radius 2 is 2.19 bits per heavy atom. The SMILES string of the molecule is CC(C)C1CC(C(=O)NCc2ccc(N(C)C)nc2)NN1. The molecule has 0 aliphatic carbocycles. The summed E-state index contributed by atoms with van der Waals surface area (Å²) >= 11 is 0. The van der Waals surface area contributed by atoms with Crippen molar-refractivity contribution in [3.8, 4) is 0 Å². The molecule has 1 aliphatic heterocycles. The van der Waals surface area contributed by atoms with E-state index in [4.69, 9.17) is 0 Å². The first-order valence-electron chi connectivity index (χ1n) is 7.38. The van der Waals surface area contributed by atoms with Crippen LogP contribution in [0.2, 0.25) is 0 Å². The van der Waals surface area contributed by atoms with Crippen LogP contribution in [0.1, 0.15) is 25.8 Å². The van der Waals surface area contributed by atoms with Crippen molar-refractivity contribution in [3.05, 3.63) is 23.9 Å². The van der Waals surface area contributed by atoms with E-state index in [9.17, 15) is 4.79 Å². The molecule has 2 atom stereocenters. The zero-order valence-corrected chi connectivity index (χ0v) is 13.2. The highest BCUT2D eigenvalue weighted by Gasteiger charge is 2.30. The molecular weight excluding hydrogens is 266 g/mol. The Balaban J connectivity index is 1.81. The third-order valence-corrected chi connectivity index (χ3v) is 3.79. The molecule has 6 nitrogen and oxygen atoms in total. The molecular formula is C15H25N5O. The lowest BCUT2D eigenvalue weighted by atomic mass is 9.99. The fraction of sp³-hybridized carbons (Fsp3) is 0.600. The van der Waals surface area contributed by atoms with Gasteiger partial charge < -0.3 is 10.2 Å². The van der Waals surface area contributed by atoms with Crippen molar-refractivity contribution in [2.24, 2.45) is 5.92 Å². The molecule has 2 heterocycles. The molecule has 0 bridgehead atoms. The van der Waals surface area contributed by atoms with Gasteiger partial charge in [0, 0.05) is 32.9 Å². The smallest absolute Gasteiger partial charge is 0.238 e. The maximum Gasteiger partial charge on any atom is 0.238 e. The third kappa shape index (κ3) is 4.15. The molecule has 1 aromatic heterocycles. The van der Waals surface area contributed by atoms with E-state index in [0.717, 1.165) is 17.8 Å². The summed E-state index contributed by atoms with van der Waals surface area (Å²) in [7, 11) is 3.90. The van der Waals surface area contributed by atoms with Gasteiger partial charge in [-0.1, -0.05) is 19.9 Å². The molecule has 1 saturated heterocycles. The second kappa shape index (κ2) is 6.87. The highest BCUT2D eigenvalue weighted by Crippen LogP contribution is 2.13. The van der Waals surface area contributed by atoms with E-state index in [1.807, 2.05) is 31.1 Å². The number of hydrogen-bond donors (Lipinski definition) is 3. The first kappa shape index (κ1) is 15.7. The Bertz CT molecular complexity index is 471. The summed E-state index contributed by atoms with van der Waals surface area (Å²) in [5.41, 5.74) is 7.24. The van der Waals surface area contributed by atoms with Gasteiger partial charge in [0.15, 0.2) is 0 Å². The Kier molecular flexibility index (Phi) is 5.14. The number of carbonyl (C=O) groups excluding carboxylic acids is 1. The van der Waals surface area contributed by atoms with Crippen molar-refractivity contribution in [1.82, 2.24) is 21.2 Å². The van der Waals surface area contributed by atoms with E-state index >= 15 is 0 Å². The number of anilines is 1. The van der Waals surface area contributed by atoms with Crippen LogP contribution in [0.15, 0.2) is 18.3 Å². The quantitative estimate of drug-likeness (QED) is 0.743. The van der Waals surface area contributed by atoms with E-state index < -0.39 is 0 Å². The number of nitrogens with zero attached hydrogens (tertiary/aromatic N) is 2. The molecule has 0 aromatic carbocycles. The highest BCUT2D eigenvalue weighted by molar-refractivity contribution is 5.82. The number of rotatable bonds is 5. The maximum atomic E-state index is 12.1. The number of pyridine rings is 1. The number of hydrazine groups is 1. The second-order valence-electron chi connectivity index (χ2n) is 6.06. The first-order valence-corrected chi connectivity index (χ1v) is 7.38.